The van der Waals surface area contributed by atoms with Crippen molar-refractivity contribution in [1.82, 2.24) is 0 Å². The predicted molar refractivity (Wildman–Crippen MR) is 191 cm³/mol. The average Bonchev–Trinajstić information content (AvgIpc) is 3.08. The lowest BCUT2D eigenvalue weighted by Crippen LogP contribution is -2.27. The number of urea groups is 1. The Labute approximate surface area is 296 Å². The summed E-state index contributed by atoms with van der Waals surface area (Å²) < 4.78 is 65.2. The predicted octanol–water partition coefficient (Wildman–Crippen LogP) is 3.63. The summed E-state index contributed by atoms with van der Waals surface area (Å²) in [5.41, 5.74) is 1.71. The highest BCUT2D eigenvalue weighted by Crippen LogP contribution is 2.33. The smallest absolute Gasteiger partial charge is 0.323 e. The number of carbonyl (C=O) groups excluding carboxylic acids is 3. The normalized spacial score (nSPS) is 21.1. The van der Waals surface area contributed by atoms with Crippen molar-refractivity contribution in [3.05, 3.63) is 153 Å². The zero-order valence-electron chi connectivity index (χ0n) is 26.4. The van der Waals surface area contributed by atoms with Gasteiger partial charge in [-0.15, -0.1) is 0 Å². The van der Waals surface area contributed by atoms with E-state index in [1.165, 1.54) is 97.1 Å². The van der Waals surface area contributed by atoms with Gasteiger partial charge in [0.05, 0.1) is 11.4 Å². The first-order chi connectivity index (χ1) is 24.6. The standard InChI is InChI=1S/C35H26N4O11S2/c40-31-25-9-3-11-27(23(25)13-15-29(31)51(45,46)47)38-33(42)19-5-1-7-21(17-19)36-35(44)37-22-8-2-6-20(18-22)34(43)39-28-12-4-10-26-24(28)14-16-30(32(26)41)52(48,49)50/h1-18,31-32,40-41H,(H2,36,37,44)(H,45,46,47)(H,48,49,50). The van der Waals surface area contributed by atoms with Gasteiger partial charge in [-0.3, -0.25) is 18.7 Å². The average molecular weight is 743 g/mol. The van der Waals surface area contributed by atoms with Crippen LogP contribution in [-0.4, -0.2) is 77.6 Å². The number of allylic oxidation sites excluding steroid dienone is 10. The Morgan fingerprint density at radius 2 is 1.00 bits per heavy atom. The summed E-state index contributed by atoms with van der Waals surface area (Å²) in [7, 11) is -9.33. The maximum atomic E-state index is 13.1. The fourth-order valence-corrected chi connectivity index (χ4v) is 6.85. The molecule has 2 unspecified atom stereocenters. The number of amides is 4. The van der Waals surface area contributed by atoms with E-state index in [1.54, 1.807) is 0 Å². The van der Waals surface area contributed by atoms with E-state index in [1.807, 2.05) is 0 Å². The Balaban J connectivity index is 1.14. The van der Waals surface area contributed by atoms with Crippen molar-refractivity contribution in [2.45, 2.75) is 12.2 Å². The van der Waals surface area contributed by atoms with Gasteiger partial charge in [0.2, 0.25) is 0 Å². The quantitative estimate of drug-likeness (QED) is 0.233. The van der Waals surface area contributed by atoms with Crippen LogP contribution in [0.3, 0.4) is 0 Å². The summed E-state index contributed by atoms with van der Waals surface area (Å²) in [6.07, 6.45) is 10.2. The highest BCUT2D eigenvalue weighted by molar-refractivity contribution is 7.90. The Morgan fingerprint density at radius 1 is 0.596 bits per heavy atom. The molecular weight excluding hydrogens is 717 g/mol. The zero-order valence-corrected chi connectivity index (χ0v) is 28.0. The molecule has 4 amide bonds. The van der Waals surface area contributed by atoms with E-state index in [0.29, 0.717) is 0 Å². The van der Waals surface area contributed by atoms with E-state index in [0.717, 1.165) is 12.2 Å². The number of hydrogen-bond donors (Lipinski definition) is 6. The summed E-state index contributed by atoms with van der Waals surface area (Å²) >= 11 is 0. The molecule has 4 aliphatic rings. The number of aliphatic hydroxyl groups is 2. The van der Waals surface area contributed by atoms with Crippen LogP contribution in [0.1, 0.15) is 20.7 Å². The van der Waals surface area contributed by atoms with E-state index in [9.17, 15) is 50.5 Å². The molecule has 264 valence electrons. The van der Waals surface area contributed by atoms with E-state index < -0.39 is 60.1 Å². The highest BCUT2D eigenvalue weighted by Gasteiger charge is 2.33. The molecule has 17 heteroatoms. The molecule has 0 fully saturated rings. The fourth-order valence-electron chi connectivity index (χ4n) is 5.55. The van der Waals surface area contributed by atoms with E-state index in [2.05, 4.69) is 20.6 Å². The summed E-state index contributed by atoms with van der Waals surface area (Å²) in [5.74, 6) is -1.41. The lowest BCUT2D eigenvalue weighted by molar-refractivity contribution is 0.0994. The molecule has 0 saturated carbocycles. The fraction of sp³-hybridized carbons (Fsp3) is 0.0571. The second kappa shape index (κ2) is 14.0. The largest absolute Gasteiger partial charge is 0.383 e. The zero-order chi connectivity index (χ0) is 37.4. The number of aliphatic imine (C=N–C) groups is 2. The van der Waals surface area contributed by atoms with Gasteiger partial charge >= 0.3 is 6.03 Å². The number of rotatable bonds is 6. The van der Waals surface area contributed by atoms with Crippen LogP contribution in [0.2, 0.25) is 0 Å². The third-order valence-electron chi connectivity index (χ3n) is 7.96. The molecule has 2 aromatic rings. The molecular formula is C35H26N4O11S2. The van der Waals surface area contributed by atoms with E-state index in [4.69, 9.17) is 0 Å². The molecule has 2 atom stereocenters. The van der Waals surface area contributed by atoms with Crippen molar-refractivity contribution >= 4 is 60.9 Å². The number of aliphatic hydroxyl groups excluding tert-OH is 2. The minimum atomic E-state index is -4.67. The van der Waals surface area contributed by atoms with Crippen LogP contribution in [-0.2, 0) is 20.2 Å². The van der Waals surface area contributed by atoms with Crippen molar-refractivity contribution in [2.75, 3.05) is 10.6 Å². The second-order valence-corrected chi connectivity index (χ2v) is 14.2. The molecule has 52 heavy (non-hydrogen) atoms. The van der Waals surface area contributed by atoms with Gasteiger partial charge in [0.25, 0.3) is 32.1 Å². The van der Waals surface area contributed by atoms with Gasteiger partial charge in [-0.05, 0) is 71.8 Å². The van der Waals surface area contributed by atoms with Crippen LogP contribution in [0.25, 0.3) is 0 Å². The first kappa shape index (κ1) is 35.9. The summed E-state index contributed by atoms with van der Waals surface area (Å²) in [6.45, 7) is 0. The van der Waals surface area contributed by atoms with Crippen molar-refractivity contribution in [2.24, 2.45) is 9.98 Å². The van der Waals surface area contributed by atoms with Gasteiger partial charge in [0.15, 0.2) is 0 Å². The van der Waals surface area contributed by atoms with Crippen LogP contribution in [0.5, 0.6) is 0 Å². The molecule has 0 aromatic heterocycles. The Kier molecular flexibility index (Phi) is 9.65. The summed E-state index contributed by atoms with van der Waals surface area (Å²) in [5, 5.41) is 26.1. The van der Waals surface area contributed by atoms with E-state index in [-0.39, 0.29) is 56.2 Å². The molecule has 6 N–H and O–H groups in total. The van der Waals surface area contributed by atoms with Gasteiger partial charge in [-0.1, -0.05) is 48.6 Å². The summed E-state index contributed by atoms with van der Waals surface area (Å²) in [4.78, 5) is 46.1. The number of anilines is 2. The molecule has 4 aliphatic carbocycles. The number of hydrogen-bond acceptors (Lipinski definition) is 9. The van der Waals surface area contributed by atoms with Crippen LogP contribution < -0.4 is 10.6 Å². The molecule has 0 aliphatic heterocycles. The molecule has 0 radical (unpaired) electrons. The van der Waals surface area contributed by atoms with Crippen molar-refractivity contribution in [3.8, 4) is 0 Å². The third-order valence-corrected chi connectivity index (χ3v) is 9.87. The molecule has 0 spiro atoms. The minimum Gasteiger partial charge on any atom is -0.383 e. The number of nitrogens with one attached hydrogen (secondary N) is 2. The number of nitrogens with zero attached hydrogens (tertiary/aromatic N) is 2. The van der Waals surface area contributed by atoms with Gasteiger partial charge < -0.3 is 20.8 Å². The van der Waals surface area contributed by atoms with E-state index >= 15 is 0 Å². The number of benzene rings is 2. The van der Waals surface area contributed by atoms with Gasteiger partial charge in [0.1, 0.15) is 22.0 Å². The van der Waals surface area contributed by atoms with Crippen molar-refractivity contribution in [3.63, 3.8) is 0 Å². The Morgan fingerprint density at radius 3 is 1.38 bits per heavy atom. The van der Waals surface area contributed by atoms with Crippen LogP contribution in [0.15, 0.2) is 151 Å². The van der Waals surface area contributed by atoms with Gasteiger partial charge in [-0.25, -0.2) is 14.8 Å². The molecule has 2 aromatic carbocycles. The first-order valence-corrected chi connectivity index (χ1v) is 18.0. The maximum Gasteiger partial charge on any atom is 0.323 e. The van der Waals surface area contributed by atoms with Crippen molar-refractivity contribution < 1.29 is 50.5 Å². The van der Waals surface area contributed by atoms with Crippen molar-refractivity contribution in [1.29, 1.82) is 0 Å². The third kappa shape index (κ3) is 7.54. The second-order valence-electron chi connectivity index (χ2n) is 11.4. The maximum absolute atomic E-state index is 13.1. The number of fused-ring (bicyclic) bond motifs is 2. The molecule has 0 heterocycles. The monoisotopic (exact) mass is 742 g/mol. The molecule has 0 saturated heterocycles. The summed E-state index contributed by atoms with van der Waals surface area (Å²) in [6, 6.07) is 11.0. The Hall–Kier alpha value is -5.95. The molecule has 15 nitrogen and oxygen atoms in total. The van der Waals surface area contributed by atoms with Gasteiger partial charge in [-0.2, -0.15) is 16.8 Å². The minimum absolute atomic E-state index is 0.0905. The van der Waals surface area contributed by atoms with Crippen LogP contribution in [0, 0.1) is 0 Å². The topological polar surface area (TPSA) is 249 Å². The number of carbonyl (C=O) groups is 3. The lowest BCUT2D eigenvalue weighted by Gasteiger charge is -2.24. The van der Waals surface area contributed by atoms with Crippen LogP contribution >= 0.6 is 0 Å². The SMILES string of the molecule is O=C(Nc1cccc(C(=O)N=C2C=CC=C3C2=CC=C(S(=O)(=O)O)C3O)c1)Nc1cccc(C(=O)N=C2C=CC=C3C2=CC=C(S(=O)(=O)O)C3O)c1. The van der Waals surface area contributed by atoms with Gasteiger partial charge in [0, 0.05) is 33.6 Å². The lowest BCUT2D eigenvalue weighted by atomic mass is 9.88. The van der Waals surface area contributed by atoms with Crippen LogP contribution in [0.4, 0.5) is 16.2 Å². The highest BCUT2D eigenvalue weighted by atomic mass is 32.2. The molecule has 6 rings (SSSR count). The first-order valence-electron chi connectivity index (χ1n) is 15.1. The molecule has 0 bridgehead atoms. The Bertz CT molecular complexity index is 2330.